The highest BCUT2D eigenvalue weighted by molar-refractivity contribution is 5.06. The molecule has 2 nitrogen and oxygen atoms in total. The second-order valence-corrected chi connectivity index (χ2v) is 3.84. The Morgan fingerprint density at radius 3 is 2.90 bits per heavy atom. The molecule has 2 rings (SSSR count). The van der Waals surface area contributed by atoms with Crippen molar-refractivity contribution in [3.63, 3.8) is 0 Å². The lowest BCUT2D eigenvalue weighted by Crippen LogP contribution is -2.27. The van der Waals surface area contributed by atoms with E-state index in [-0.39, 0.29) is 0 Å². The molecule has 1 saturated carbocycles. The Kier molecular flexibility index (Phi) is 1.46. The van der Waals surface area contributed by atoms with E-state index in [1.54, 1.807) is 0 Å². The predicted octanol–water partition coefficient (Wildman–Crippen LogP) is 0.620. The Bertz CT molecular complexity index is 129. The van der Waals surface area contributed by atoms with Gasteiger partial charge in [0, 0.05) is 18.1 Å². The summed E-state index contributed by atoms with van der Waals surface area (Å²) in [6.45, 7) is 1.22. The van der Waals surface area contributed by atoms with Crippen LogP contribution in [0.1, 0.15) is 32.1 Å². The summed E-state index contributed by atoms with van der Waals surface area (Å²) in [7, 11) is 0. The molecule has 2 aliphatic rings. The predicted molar refractivity (Wildman–Crippen MR) is 41.8 cm³/mol. The van der Waals surface area contributed by atoms with E-state index in [0.29, 0.717) is 11.6 Å². The molecule has 0 amide bonds. The summed E-state index contributed by atoms with van der Waals surface area (Å²) in [6, 6.07) is 0.470. The summed E-state index contributed by atoms with van der Waals surface area (Å²) >= 11 is 0. The highest BCUT2D eigenvalue weighted by atomic mass is 15.2. The number of nitrogens with two attached hydrogens (primary N) is 1. The van der Waals surface area contributed by atoms with Gasteiger partial charge >= 0.3 is 0 Å². The summed E-state index contributed by atoms with van der Waals surface area (Å²) in [5.74, 6) is 0. The summed E-state index contributed by atoms with van der Waals surface area (Å²) in [6.07, 6.45) is 6.53. The smallest absolute Gasteiger partial charge is 0.0321 e. The molecule has 2 heteroatoms. The average molecular weight is 140 g/mol. The minimum absolute atomic E-state index is 0.470. The Balaban J connectivity index is 1.96. The van der Waals surface area contributed by atoms with E-state index < -0.39 is 0 Å². The van der Waals surface area contributed by atoms with Crippen LogP contribution in [0.25, 0.3) is 0 Å². The molecule has 1 spiro atoms. The minimum Gasteiger partial charge on any atom is -0.328 e. The third-order valence-electron chi connectivity index (χ3n) is 2.81. The molecule has 1 aliphatic heterocycles. The zero-order valence-electron chi connectivity index (χ0n) is 6.40. The number of hydrogen-bond acceptors (Lipinski definition) is 2. The van der Waals surface area contributed by atoms with Gasteiger partial charge in [-0.05, 0) is 19.3 Å². The van der Waals surface area contributed by atoms with E-state index >= 15 is 0 Å². The standard InChI is InChI=1S/C8H16N2/c9-7-3-1-2-4-8(5-7)6-10-8/h7,10H,1-6,9H2/t7-,8+/m1/s1. The maximum Gasteiger partial charge on any atom is 0.0321 e. The van der Waals surface area contributed by atoms with Gasteiger partial charge in [-0.15, -0.1) is 0 Å². The van der Waals surface area contributed by atoms with Crippen molar-refractivity contribution in [1.29, 1.82) is 0 Å². The van der Waals surface area contributed by atoms with Gasteiger partial charge in [0.25, 0.3) is 0 Å². The van der Waals surface area contributed by atoms with Crippen LogP contribution in [0.3, 0.4) is 0 Å². The van der Waals surface area contributed by atoms with Gasteiger partial charge in [-0.3, -0.25) is 0 Å². The molecule has 0 unspecified atom stereocenters. The molecule has 1 saturated heterocycles. The number of rotatable bonds is 0. The summed E-state index contributed by atoms with van der Waals surface area (Å²) in [5, 5.41) is 3.44. The molecule has 0 aromatic heterocycles. The maximum absolute atomic E-state index is 5.91. The number of nitrogens with one attached hydrogen (secondary N) is 1. The van der Waals surface area contributed by atoms with Gasteiger partial charge < -0.3 is 11.1 Å². The van der Waals surface area contributed by atoms with Crippen LogP contribution < -0.4 is 11.1 Å². The second-order valence-electron chi connectivity index (χ2n) is 3.84. The lowest BCUT2D eigenvalue weighted by molar-refractivity contribution is 0.499. The van der Waals surface area contributed by atoms with Crippen LogP contribution >= 0.6 is 0 Å². The van der Waals surface area contributed by atoms with Crippen LogP contribution in [0.5, 0.6) is 0 Å². The molecule has 0 aromatic carbocycles. The van der Waals surface area contributed by atoms with Gasteiger partial charge in [0.2, 0.25) is 0 Å². The fourth-order valence-corrected chi connectivity index (χ4v) is 2.02. The topological polar surface area (TPSA) is 48.0 Å². The van der Waals surface area contributed by atoms with Crippen molar-refractivity contribution in [3.8, 4) is 0 Å². The largest absolute Gasteiger partial charge is 0.328 e. The van der Waals surface area contributed by atoms with Crippen molar-refractivity contribution in [2.75, 3.05) is 6.54 Å². The highest BCUT2D eigenvalue weighted by Gasteiger charge is 2.43. The molecular weight excluding hydrogens is 124 g/mol. The molecule has 1 aliphatic carbocycles. The fraction of sp³-hybridized carbons (Fsp3) is 1.00. The van der Waals surface area contributed by atoms with Crippen LogP contribution in [0.4, 0.5) is 0 Å². The molecule has 2 atom stereocenters. The monoisotopic (exact) mass is 140 g/mol. The van der Waals surface area contributed by atoms with E-state index in [0.717, 1.165) is 0 Å². The van der Waals surface area contributed by atoms with Crippen LogP contribution in [-0.2, 0) is 0 Å². The van der Waals surface area contributed by atoms with Gasteiger partial charge in [0.15, 0.2) is 0 Å². The summed E-state index contributed by atoms with van der Waals surface area (Å²) < 4.78 is 0. The third kappa shape index (κ3) is 1.18. The molecule has 58 valence electrons. The van der Waals surface area contributed by atoms with E-state index in [1.165, 1.54) is 38.6 Å². The Morgan fingerprint density at radius 1 is 1.40 bits per heavy atom. The van der Waals surface area contributed by atoms with Crippen LogP contribution in [0.2, 0.25) is 0 Å². The first-order valence-electron chi connectivity index (χ1n) is 4.31. The van der Waals surface area contributed by atoms with Crippen LogP contribution in [-0.4, -0.2) is 18.1 Å². The summed E-state index contributed by atoms with van der Waals surface area (Å²) in [5.41, 5.74) is 6.42. The first-order chi connectivity index (χ1) is 4.81. The Labute approximate surface area is 62.2 Å². The van der Waals surface area contributed by atoms with Crippen molar-refractivity contribution in [2.24, 2.45) is 5.73 Å². The lowest BCUT2D eigenvalue weighted by atomic mass is 9.99. The van der Waals surface area contributed by atoms with Crippen molar-refractivity contribution >= 4 is 0 Å². The molecule has 10 heavy (non-hydrogen) atoms. The highest BCUT2D eigenvalue weighted by Crippen LogP contribution is 2.33. The van der Waals surface area contributed by atoms with Crippen molar-refractivity contribution in [2.45, 2.75) is 43.7 Å². The van der Waals surface area contributed by atoms with Gasteiger partial charge in [-0.25, -0.2) is 0 Å². The quantitative estimate of drug-likeness (QED) is 0.484. The maximum atomic E-state index is 5.91. The molecule has 0 radical (unpaired) electrons. The molecule has 2 fully saturated rings. The van der Waals surface area contributed by atoms with Crippen LogP contribution in [0, 0.1) is 0 Å². The van der Waals surface area contributed by atoms with Gasteiger partial charge in [-0.2, -0.15) is 0 Å². The second kappa shape index (κ2) is 2.21. The SMILES string of the molecule is N[C@@H]1CCCC[C@@]2(CN2)C1. The third-order valence-corrected chi connectivity index (χ3v) is 2.81. The van der Waals surface area contributed by atoms with Crippen molar-refractivity contribution in [1.82, 2.24) is 5.32 Å². The zero-order chi connectivity index (χ0) is 7.03. The molecule has 0 aromatic rings. The fourth-order valence-electron chi connectivity index (χ4n) is 2.02. The van der Waals surface area contributed by atoms with E-state index in [2.05, 4.69) is 5.32 Å². The first-order valence-corrected chi connectivity index (χ1v) is 4.31. The number of hydrogen-bond donors (Lipinski definition) is 2. The summed E-state index contributed by atoms with van der Waals surface area (Å²) in [4.78, 5) is 0. The Hall–Kier alpha value is -0.0800. The first kappa shape index (κ1) is 6.62. The van der Waals surface area contributed by atoms with Crippen molar-refractivity contribution in [3.05, 3.63) is 0 Å². The normalized spacial score (nSPS) is 47.1. The van der Waals surface area contributed by atoms with E-state index in [9.17, 15) is 0 Å². The van der Waals surface area contributed by atoms with E-state index in [1.807, 2.05) is 0 Å². The lowest BCUT2D eigenvalue weighted by Gasteiger charge is -2.12. The van der Waals surface area contributed by atoms with Crippen LogP contribution in [0.15, 0.2) is 0 Å². The Morgan fingerprint density at radius 2 is 2.20 bits per heavy atom. The molecule has 3 N–H and O–H groups in total. The minimum atomic E-state index is 0.470. The molecule has 1 heterocycles. The molecule has 0 bridgehead atoms. The van der Waals surface area contributed by atoms with E-state index in [4.69, 9.17) is 5.73 Å². The zero-order valence-corrected chi connectivity index (χ0v) is 6.40. The molecular formula is C8H16N2. The van der Waals surface area contributed by atoms with Gasteiger partial charge in [0.05, 0.1) is 0 Å². The van der Waals surface area contributed by atoms with Gasteiger partial charge in [0.1, 0.15) is 0 Å². The van der Waals surface area contributed by atoms with Crippen molar-refractivity contribution < 1.29 is 0 Å². The van der Waals surface area contributed by atoms with Gasteiger partial charge in [-0.1, -0.05) is 12.8 Å². The average Bonchev–Trinajstić information content (AvgIpc) is 2.64.